The fraction of sp³-hybridized carbons (Fsp3) is 0.286. The Labute approximate surface area is 68.9 Å². The average Bonchev–Trinajstić information content (AvgIpc) is 1.99. The van der Waals surface area contributed by atoms with E-state index in [1.807, 2.05) is 7.85 Å². The summed E-state index contributed by atoms with van der Waals surface area (Å²) >= 11 is 0. The van der Waals surface area contributed by atoms with Crippen LogP contribution in [-0.4, -0.2) is 39.7 Å². The van der Waals surface area contributed by atoms with Crippen LogP contribution in [-0.2, 0) is 4.79 Å². The molecule has 0 fully saturated rings. The van der Waals surface area contributed by atoms with Crippen LogP contribution in [0.4, 0.5) is 0 Å². The zero-order valence-corrected chi connectivity index (χ0v) is 7.22. The summed E-state index contributed by atoms with van der Waals surface area (Å²) in [5, 5.41) is 0.869. The van der Waals surface area contributed by atoms with Crippen molar-refractivity contribution in [1.29, 1.82) is 0 Å². The predicted octanol–water partition coefficient (Wildman–Crippen LogP) is -1.13. The minimum absolute atomic E-state index is 0.661. The molecular formula is C7H11B2NO. The molecule has 0 aliphatic rings. The number of carbonyl (C=O) groups is 1. The van der Waals surface area contributed by atoms with Crippen molar-refractivity contribution in [3.8, 4) is 0 Å². The fourth-order valence-corrected chi connectivity index (χ4v) is 0.628. The van der Waals surface area contributed by atoms with Crippen molar-refractivity contribution >= 4 is 32.7 Å². The number of hydrogen-bond donors (Lipinski definition) is 0. The molecule has 0 aromatic rings. The maximum atomic E-state index is 10.2. The monoisotopic (exact) mass is 147 g/mol. The first-order valence-corrected chi connectivity index (χ1v) is 3.38. The summed E-state index contributed by atoms with van der Waals surface area (Å²) in [4.78, 5) is 14.2. The second kappa shape index (κ2) is 4.83. The molecule has 0 radical (unpaired) electrons. The van der Waals surface area contributed by atoms with Crippen molar-refractivity contribution in [2.24, 2.45) is 4.99 Å². The zero-order chi connectivity index (χ0) is 8.85. The molecule has 0 aliphatic carbocycles. The van der Waals surface area contributed by atoms with E-state index in [2.05, 4.69) is 12.5 Å². The normalized spacial score (nSPS) is 12.8. The fourth-order valence-electron chi connectivity index (χ4n) is 0.628. The van der Waals surface area contributed by atoms with E-state index in [1.165, 1.54) is 0 Å². The number of allylic oxidation sites excluding steroid dienone is 2. The molecule has 0 amide bonds. The van der Waals surface area contributed by atoms with Gasteiger partial charge in [0.2, 0.25) is 0 Å². The van der Waals surface area contributed by atoms with Gasteiger partial charge in [-0.3, -0.25) is 0 Å². The van der Waals surface area contributed by atoms with Crippen LogP contribution in [0.5, 0.6) is 0 Å². The number of carbonyl (C=O) groups excluding carboxylic acids is 1. The van der Waals surface area contributed by atoms with E-state index in [-0.39, 0.29) is 0 Å². The van der Waals surface area contributed by atoms with Crippen molar-refractivity contribution < 1.29 is 4.79 Å². The second-order valence-corrected chi connectivity index (χ2v) is 2.40. The van der Waals surface area contributed by atoms with Gasteiger partial charge in [-0.1, -0.05) is 0 Å². The van der Waals surface area contributed by atoms with E-state index in [1.54, 1.807) is 20.0 Å². The number of aliphatic imine (C=N–C) groups is 1. The maximum absolute atomic E-state index is 10.2. The topological polar surface area (TPSA) is 29.4 Å². The first-order valence-electron chi connectivity index (χ1n) is 3.38. The Balaban J connectivity index is 4.57. The van der Waals surface area contributed by atoms with Gasteiger partial charge in [0.05, 0.1) is 0 Å². The summed E-state index contributed by atoms with van der Waals surface area (Å²) in [7, 11) is 7.26. The quantitative estimate of drug-likeness (QED) is 0.215. The van der Waals surface area contributed by atoms with Crippen molar-refractivity contribution in [2.45, 2.75) is 6.92 Å². The molecular weight excluding hydrogens is 136 g/mol. The summed E-state index contributed by atoms with van der Waals surface area (Å²) in [6.07, 6.45) is 2.52. The Morgan fingerprint density at radius 2 is 2.18 bits per heavy atom. The molecule has 0 heterocycles. The van der Waals surface area contributed by atoms with Crippen LogP contribution in [0.15, 0.2) is 16.6 Å². The number of aldehydes is 1. The van der Waals surface area contributed by atoms with E-state index in [4.69, 9.17) is 0 Å². The van der Waals surface area contributed by atoms with E-state index < -0.39 is 0 Å². The van der Waals surface area contributed by atoms with Crippen molar-refractivity contribution in [3.63, 3.8) is 0 Å². The summed E-state index contributed by atoms with van der Waals surface area (Å²) in [5.74, 6) is 0. The first kappa shape index (κ1) is 10.1. The summed E-state index contributed by atoms with van der Waals surface area (Å²) < 4.78 is 0. The van der Waals surface area contributed by atoms with Gasteiger partial charge in [0.1, 0.15) is 0 Å². The molecule has 11 heavy (non-hydrogen) atoms. The number of nitrogens with zero attached hydrogens (tertiary/aromatic N) is 1. The van der Waals surface area contributed by atoms with Crippen LogP contribution in [0, 0.1) is 0 Å². The zero-order valence-electron chi connectivity index (χ0n) is 7.22. The van der Waals surface area contributed by atoms with Gasteiger partial charge in [-0.15, -0.1) is 0 Å². The predicted molar refractivity (Wildman–Crippen MR) is 53.9 cm³/mol. The van der Waals surface area contributed by atoms with E-state index in [9.17, 15) is 4.79 Å². The second-order valence-electron chi connectivity index (χ2n) is 2.40. The van der Waals surface area contributed by atoms with Crippen LogP contribution < -0.4 is 0 Å². The van der Waals surface area contributed by atoms with Crippen LogP contribution in [0.2, 0.25) is 0 Å². The van der Waals surface area contributed by atoms with Crippen LogP contribution in [0.3, 0.4) is 0 Å². The van der Waals surface area contributed by atoms with Gasteiger partial charge in [-0.2, -0.15) is 0 Å². The van der Waals surface area contributed by atoms with Gasteiger partial charge in [0, 0.05) is 0 Å². The third-order valence-corrected chi connectivity index (χ3v) is 1.23. The third-order valence-electron chi connectivity index (χ3n) is 1.23. The molecule has 0 aromatic heterocycles. The molecule has 0 spiro atoms. The molecule has 0 aliphatic heterocycles. The van der Waals surface area contributed by atoms with Crippen LogP contribution in [0.25, 0.3) is 0 Å². The molecule has 0 rings (SSSR count). The Morgan fingerprint density at radius 1 is 1.64 bits per heavy atom. The molecule has 4 heteroatoms. The molecule has 0 atom stereocenters. The third kappa shape index (κ3) is 3.71. The number of hydrogen-bond acceptors (Lipinski definition) is 2. The summed E-state index contributed by atoms with van der Waals surface area (Å²) in [5.41, 5.74) is 1.43. The van der Waals surface area contributed by atoms with Gasteiger partial charge in [-0.25, -0.2) is 0 Å². The van der Waals surface area contributed by atoms with E-state index in [0.717, 1.165) is 17.4 Å². The number of rotatable bonds is 3. The van der Waals surface area contributed by atoms with Crippen molar-refractivity contribution in [1.82, 2.24) is 0 Å². The SMILES string of the molecule is B=C(B)C(/C=C(\C)C=O)=N/C. The van der Waals surface area contributed by atoms with Gasteiger partial charge >= 0.3 is 68.1 Å². The molecule has 0 saturated carbocycles. The van der Waals surface area contributed by atoms with Crippen molar-refractivity contribution in [3.05, 3.63) is 11.6 Å². The van der Waals surface area contributed by atoms with Gasteiger partial charge < -0.3 is 0 Å². The summed E-state index contributed by atoms with van der Waals surface area (Å²) in [6.45, 7) is 1.74. The van der Waals surface area contributed by atoms with Gasteiger partial charge in [0.15, 0.2) is 0 Å². The molecule has 2 nitrogen and oxygen atoms in total. The Hall–Kier alpha value is -0.920. The minimum atomic E-state index is 0.661. The summed E-state index contributed by atoms with van der Waals surface area (Å²) in [6, 6.07) is 0. The molecule has 0 N–H and O–H groups in total. The molecule has 56 valence electrons. The first-order chi connectivity index (χ1) is 5.11. The molecule has 0 saturated heterocycles. The molecule has 0 bridgehead atoms. The standard InChI is InChI=1S/C7H11B2NO/c1-5(4-11)3-6(10-2)7(8)9/h3-4,8H,9H2,1-2H3/b5-3+,10-6+. The van der Waals surface area contributed by atoms with Crippen molar-refractivity contribution in [2.75, 3.05) is 7.05 Å². The Bertz CT molecular complexity index is 231. The van der Waals surface area contributed by atoms with Gasteiger partial charge in [0.25, 0.3) is 0 Å². The van der Waals surface area contributed by atoms with E-state index in [0.29, 0.717) is 5.57 Å². The Kier molecular flexibility index (Phi) is 4.42. The molecule has 0 aromatic carbocycles. The van der Waals surface area contributed by atoms with Crippen LogP contribution in [0.1, 0.15) is 6.92 Å². The van der Waals surface area contributed by atoms with Gasteiger partial charge in [-0.05, 0) is 0 Å². The molecule has 0 unspecified atom stereocenters. The average molecular weight is 147 g/mol. The Morgan fingerprint density at radius 3 is 2.45 bits per heavy atom. The van der Waals surface area contributed by atoms with Crippen LogP contribution >= 0.6 is 0 Å². The van der Waals surface area contributed by atoms with E-state index >= 15 is 0 Å².